The Balaban J connectivity index is 2.00. The van der Waals surface area contributed by atoms with Crippen LogP contribution in [0.1, 0.15) is 76.0 Å². The number of hydrogen-bond acceptors (Lipinski definition) is 5. The number of benzene rings is 1. The van der Waals surface area contributed by atoms with Crippen LogP contribution in [0.2, 0.25) is 0 Å². The number of aliphatic hydroxyl groups is 1. The lowest BCUT2D eigenvalue weighted by Crippen LogP contribution is -2.42. The first kappa shape index (κ1) is 30.9. The molecule has 0 unspecified atom stereocenters. The number of carbonyl (C=O) groups is 1. The second-order valence-electron chi connectivity index (χ2n) is 12.1. The van der Waals surface area contributed by atoms with Gasteiger partial charge < -0.3 is 19.9 Å². The van der Waals surface area contributed by atoms with Crippen LogP contribution in [0, 0.1) is 0 Å². The van der Waals surface area contributed by atoms with Gasteiger partial charge in [0, 0.05) is 42.9 Å². The number of aromatic nitrogens is 2. The number of halogens is 3. The van der Waals surface area contributed by atoms with Crippen molar-refractivity contribution in [3.05, 3.63) is 46.6 Å². The molecule has 39 heavy (non-hydrogen) atoms. The fourth-order valence-electron chi connectivity index (χ4n) is 4.40. The second kappa shape index (κ2) is 11.9. The Morgan fingerprint density at radius 1 is 1.21 bits per heavy atom. The molecule has 3 rings (SSSR count). The van der Waals surface area contributed by atoms with Crippen LogP contribution in [0.4, 0.5) is 13.2 Å². The van der Waals surface area contributed by atoms with Crippen molar-refractivity contribution in [2.45, 2.75) is 90.3 Å². The first-order chi connectivity index (χ1) is 18.0. The van der Waals surface area contributed by atoms with Crippen LogP contribution in [0.5, 0.6) is 5.75 Å². The SMILES string of the molecule is Cn1c(C(C)(C)C)c/c(=N\C(=O)c2cc(C(F)(F)F)ccc2OC[C@@H](O)CNC(C)(C)C)n1C[C@H]1CCCO1. The van der Waals surface area contributed by atoms with Gasteiger partial charge >= 0.3 is 6.18 Å². The molecule has 1 aromatic carbocycles. The quantitative estimate of drug-likeness (QED) is 0.511. The number of alkyl halides is 3. The first-order valence-corrected chi connectivity index (χ1v) is 13.2. The molecule has 218 valence electrons. The van der Waals surface area contributed by atoms with Gasteiger partial charge in [-0.15, -0.1) is 0 Å². The van der Waals surface area contributed by atoms with Gasteiger partial charge in [-0.25, -0.2) is 0 Å². The van der Waals surface area contributed by atoms with E-state index < -0.39 is 23.8 Å². The van der Waals surface area contributed by atoms with Crippen LogP contribution >= 0.6 is 0 Å². The molecular formula is C28H41F3N4O4. The maximum absolute atomic E-state index is 13.5. The van der Waals surface area contributed by atoms with E-state index in [0.29, 0.717) is 18.6 Å². The molecule has 2 N–H and O–H groups in total. The van der Waals surface area contributed by atoms with Gasteiger partial charge in [0.25, 0.3) is 5.91 Å². The molecule has 1 amide bonds. The molecule has 8 nitrogen and oxygen atoms in total. The molecule has 0 aliphatic carbocycles. The fraction of sp³-hybridized carbons (Fsp3) is 0.643. The van der Waals surface area contributed by atoms with Crippen LogP contribution in [0.15, 0.2) is 29.3 Å². The highest BCUT2D eigenvalue weighted by Gasteiger charge is 2.32. The van der Waals surface area contributed by atoms with Crippen molar-refractivity contribution in [1.82, 2.24) is 14.7 Å². The number of β-amino-alcohol motifs (C(OH)–C–C–N with tert-alkyl or cyclic N) is 1. The number of hydrogen-bond donors (Lipinski definition) is 2. The minimum Gasteiger partial charge on any atom is -0.490 e. The van der Waals surface area contributed by atoms with Gasteiger partial charge in [0.15, 0.2) is 5.49 Å². The predicted octanol–water partition coefficient (Wildman–Crippen LogP) is 4.19. The second-order valence-corrected chi connectivity index (χ2v) is 12.1. The number of ether oxygens (including phenoxy) is 2. The van der Waals surface area contributed by atoms with Gasteiger partial charge in [-0.1, -0.05) is 20.8 Å². The molecule has 2 atom stereocenters. The third-order valence-electron chi connectivity index (χ3n) is 6.46. The Morgan fingerprint density at radius 2 is 1.90 bits per heavy atom. The summed E-state index contributed by atoms with van der Waals surface area (Å²) >= 11 is 0. The monoisotopic (exact) mass is 554 g/mol. The molecule has 2 aromatic rings. The van der Waals surface area contributed by atoms with E-state index in [1.165, 1.54) is 0 Å². The van der Waals surface area contributed by atoms with E-state index in [4.69, 9.17) is 9.47 Å². The van der Waals surface area contributed by atoms with E-state index in [1.54, 1.807) is 6.07 Å². The highest BCUT2D eigenvalue weighted by Crippen LogP contribution is 2.33. The zero-order valence-corrected chi connectivity index (χ0v) is 23.9. The van der Waals surface area contributed by atoms with Crippen LogP contribution in [-0.2, 0) is 29.9 Å². The molecule has 1 aromatic heterocycles. The maximum atomic E-state index is 13.5. The molecule has 0 saturated carbocycles. The van der Waals surface area contributed by atoms with Gasteiger partial charge in [-0.2, -0.15) is 18.2 Å². The van der Waals surface area contributed by atoms with Crippen molar-refractivity contribution >= 4 is 5.91 Å². The van der Waals surface area contributed by atoms with Crippen molar-refractivity contribution < 1.29 is 32.5 Å². The largest absolute Gasteiger partial charge is 0.490 e. The smallest absolute Gasteiger partial charge is 0.416 e. The van der Waals surface area contributed by atoms with Crippen LogP contribution in [0.3, 0.4) is 0 Å². The van der Waals surface area contributed by atoms with Crippen molar-refractivity contribution in [3.8, 4) is 5.75 Å². The third kappa shape index (κ3) is 8.43. The fourth-order valence-corrected chi connectivity index (χ4v) is 4.40. The number of rotatable bonds is 8. The summed E-state index contributed by atoms with van der Waals surface area (Å²) in [6.07, 6.45) is -3.83. The standard InChI is InChI=1S/C28H41F3N4O4/c1-26(2,3)23-14-24(35(34(23)7)16-20-9-8-12-38-20)33-25(37)21-13-18(28(29,30)31)10-11-22(21)39-17-19(36)15-32-27(4,5)6/h10-11,13-14,19-20,32,36H,8-9,12,15-17H2,1-7H3/b33-24+/t19-,20+/m0/s1. The average molecular weight is 555 g/mol. The maximum Gasteiger partial charge on any atom is 0.416 e. The van der Waals surface area contributed by atoms with Gasteiger partial charge in [0.1, 0.15) is 18.5 Å². The number of nitrogens with one attached hydrogen (secondary N) is 1. The number of nitrogens with zero attached hydrogens (tertiary/aromatic N) is 3. The van der Waals surface area contributed by atoms with Gasteiger partial charge in [-0.05, 0) is 51.8 Å². The molecule has 0 radical (unpaired) electrons. The predicted molar refractivity (Wildman–Crippen MR) is 142 cm³/mol. The Hall–Kier alpha value is -2.63. The molecule has 2 heterocycles. The van der Waals surface area contributed by atoms with E-state index in [9.17, 15) is 23.1 Å². The van der Waals surface area contributed by atoms with E-state index in [0.717, 1.165) is 36.7 Å². The molecule has 0 bridgehead atoms. The Kier molecular flexibility index (Phi) is 9.39. The van der Waals surface area contributed by atoms with Crippen molar-refractivity contribution in [2.75, 3.05) is 19.8 Å². The topological polar surface area (TPSA) is 90.0 Å². The number of aliphatic hydroxyl groups excluding tert-OH is 1. The van der Waals surface area contributed by atoms with Crippen LogP contribution in [0.25, 0.3) is 0 Å². The van der Waals surface area contributed by atoms with E-state index >= 15 is 0 Å². The summed E-state index contributed by atoms with van der Waals surface area (Å²) in [7, 11) is 1.87. The number of amides is 1. The minimum absolute atomic E-state index is 0.0453. The Morgan fingerprint density at radius 3 is 2.46 bits per heavy atom. The van der Waals surface area contributed by atoms with E-state index in [1.807, 2.05) is 58.0 Å². The zero-order valence-electron chi connectivity index (χ0n) is 23.9. The van der Waals surface area contributed by atoms with E-state index in [2.05, 4.69) is 10.3 Å². The Bertz CT molecular complexity index is 1210. The summed E-state index contributed by atoms with van der Waals surface area (Å²) in [4.78, 5) is 17.7. The minimum atomic E-state index is -4.66. The summed E-state index contributed by atoms with van der Waals surface area (Å²) in [5.74, 6) is -0.949. The molecule has 11 heteroatoms. The lowest BCUT2D eigenvalue weighted by Gasteiger charge is -2.23. The molecule has 1 saturated heterocycles. The molecule has 1 aliphatic heterocycles. The van der Waals surface area contributed by atoms with Crippen LogP contribution in [-0.4, -0.2) is 57.9 Å². The third-order valence-corrected chi connectivity index (χ3v) is 6.46. The van der Waals surface area contributed by atoms with E-state index in [-0.39, 0.29) is 41.5 Å². The molecule has 0 spiro atoms. The summed E-state index contributed by atoms with van der Waals surface area (Å²) in [6.45, 7) is 13.0. The first-order valence-electron chi connectivity index (χ1n) is 13.2. The lowest BCUT2D eigenvalue weighted by molar-refractivity contribution is -0.137. The number of carbonyl (C=O) groups excluding carboxylic acids is 1. The normalized spacial score (nSPS) is 18.0. The molecule has 1 aliphatic rings. The molecular weight excluding hydrogens is 513 g/mol. The van der Waals surface area contributed by atoms with Crippen molar-refractivity contribution in [2.24, 2.45) is 12.0 Å². The van der Waals surface area contributed by atoms with Crippen LogP contribution < -0.4 is 15.5 Å². The highest BCUT2D eigenvalue weighted by atomic mass is 19.4. The summed E-state index contributed by atoms with van der Waals surface area (Å²) in [6, 6.07) is 4.48. The Labute approximate surface area is 227 Å². The van der Waals surface area contributed by atoms with Crippen molar-refractivity contribution in [1.29, 1.82) is 0 Å². The summed E-state index contributed by atoms with van der Waals surface area (Å²) < 4.78 is 55.8. The van der Waals surface area contributed by atoms with Gasteiger partial charge in [0.05, 0.1) is 23.8 Å². The zero-order chi connectivity index (χ0) is 29.2. The summed E-state index contributed by atoms with van der Waals surface area (Å²) in [5.41, 5.74) is -0.603. The molecule has 1 fully saturated rings. The highest BCUT2D eigenvalue weighted by molar-refractivity contribution is 5.97. The van der Waals surface area contributed by atoms with Gasteiger partial charge in [0.2, 0.25) is 0 Å². The summed E-state index contributed by atoms with van der Waals surface area (Å²) in [5, 5.41) is 13.4. The lowest BCUT2D eigenvalue weighted by atomic mass is 9.92. The van der Waals surface area contributed by atoms with Gasteiger partial charge in [-0.3, -0.25) is 14.2 Å². The average Bonchev–Trinajstić information content (AvgIpc) is 3.44. The van der Waals surface area contributed by atoms with Crippen molar-refractivity contribution in [3.63, 3.8) is 0 Å².